The summed E-state index contributed by atoms with van der Waals surface area (Å²) in [7, 11) is 3.06. The Balaban J connectivity index is 2.28. The third-order valence-electron chi connectivity index (χ3n) is 3.03. The molecule has 2 aromatic rings. The van der Waals surface area contributed by atoms with Crippen molar-refractivity contribution in [3.05, 3.63) is 52.8 Å². The SMILES string of the molecule is COc1ccc(C(O)Cc2cccnc2)c(Cl)c1OC. The van der Waals surface area contributed by atoms with Gasteiger partial charge in [-0.1, -0.05) is 23.7 Å². The summed E-state index contributed by atoms with van der Waals surface area (Å²) in [5.74, 6) is 0.965. The predicted octanol–water partition coefficient (Wildman–Crippen LogP) is 3.03. The zero-order chi connectivity index (χ0) is 14.5. The van der Waals surface area contributed by atoms with E-state index in [-0.39, 0.29) is 0 Å². The molecule has 1 unspecified atom stereocenters. The molecule has 0 aliphatic carbocycles. The van der Waals surface area contributed by atoms with Crippen LogP contribution in [0.25, 0.3) is 0 Å². The van der Waals surface area contributed by atoms with Crippen molar-refractivity contribution in [3.8, 4) is 11.5 Å². The smallest absolute Gasteiger partial charge is 0.179 e. The van der Waals surface area contributed by atoms with E-state index in [9.17, 15) is 5.11 Å². The molecule has 1 aromatic carbocycles. The second-order valence-corrected chi connectivity index (χ2v) is 4.66. The molecule has 20 heavy (non-hydrogen) atoms. The van der Waals surface area contributed by atoms with Gasteiger partial charge < -0.3 is 14.6 Å². The van der Waals surface area contributed by atoms with E-state index in [4.69, 9.17) is 21.1 Å². The highest BCUT2D eigenvalue weighted by atomic mass is 35.5. The summed E-state index contributed by atoms with van der Waals surface area (Å²) < 4.78 is 10.4. The summed E-state index contributed by atoms with van der Waals surface area (Å²) in [4.78, 5) is 4.03. The van der Waals surface area contributed by atoms with E-state index in [1.165, 1.54) is 7.11 Å². The first kappa shape index (κ1) is 14.6. The van der Waals surface area contributed by atoms with Crippen LogP contribution in [0.3, 0.4) is 0 Å². The summed E-state index contributed by atoms with van der Waals surface area (Å²) >= 11 is 6.27. The van der Waals surface area contributed by atoms with Crippen molar-refractivity contribution in [2.75, 3.05) is 14.2 Å². The highest BCUT2D eigenvalue weighted by molar-refractivity contribution is 6.33. The van der Waals surface area contributed by atoms with E-state index >= 15 is 0 Å². The number of ether oxygens (including phenoxy) is 2. The fourth-order valence-corrected chi connectivity index (χ4v) is 2.37. The van der Waals surface area contributed by atoms with Crippen molar-refractivity contribution in [1.29, 1.82) is 0 Å². The number of halogens is 1. The van der Waals surface area contributed by atoms with Crippen molar-refractivity contribution in [3.63, 3.8) is 0 Å². The highest BCUT2D eigenvalue weighted by Gasteiger charge is 2.18. The first-order valence-electron chi connectivity index (χ1n) is 6.14. The molecular formula is C15H16ClNO3. The molecule has 1 atom stereocenters. The van der Waals surface area contributed by atoms with Crippen molar-refractivity contribution in [1.82, 2.24) is 4.98 Å². The minimum absolute atomic E-state index is 0.364. The second kappa shape index (κ2) is 6.59. The van der Waals surface area contributed by atoms with Gasteiger partial charge in [-0.2, -0.15) is 0 Å². The van der Waals surface area contributed by atoms with Gasteiger partial charge in [0.2, 0.25) is 0 Å². The topological polar surface area (TPSA) is 51.6 Å². The van der Waals surface area contributed by atoms with Crippen molar-refractivity contribution >= 4 is 11.6 Å². The normalized spacial score (nSPS) is 12.0. The lowest BCUT2D eigenvalue weighted by Gasteiger charge is -2.16. The van der Waals surface area contributed by atoms with Gasteiger partial charge in [0, 0.05) is 24.4 Å². The number of hydrogen-bond acceptors (Lipinski definition) is 4. The predicted molar refractivity (Wildman–Crippen MR) is 77.5 cm³/mol. The average Bonchev–Trinajstić information content (AvgIpc) is 2.47. The van der Waals surface area contributed by atoms with Crippen LogP contribution in [0, 0.1) is 0 Å². The molecule has 0 fully saturated rings. The maximum absolute atomic E-state index is 10.3. The monoisotopic (exact) mass is 293 g/mol. The van der Waals surface area contributed by atoms with Gasteiger partial charge in [-0.15, -0.1) is 0 Å². The van der Waals surface area contributed by atoms with Crippen LogP contribution in [0.1, 0.15) is 17.2 Å². The van der Waals surface area contributed by atoms with Gasteiger partial charge in [0.15, 0.2) is 11.5 Å². The van der Waals surface area contributed by atoms with Crippen LogP contribution in [-0.2, 0) is 6.42 Å². The molecule has 0 spiro atoms. The maximum Gasteiger partial charge on any atom is 0.179 e. The maximum atomic E-state index is 10.3. The molecule has 0 amide bonds. The van der Waals surface area contributed by atoms with Crippen molar-refractivity contribution in [2.45, 2.75) is 12.5 Å². The molecule has 1 N–H and O–H groups in total. The second-order valence-electron chi connectivity index (χ2n) is 4.29. The summed E-state index contributed by atoms with van der Waals surface area (Å²) in [6.45, 7) is 0. The molecule has 5 heteroatoms. The van der Waals surface area contributed by atoms with Crippen LogP contribution < -0.4 is 9.47 Å². The van der Waals surface area contributed by atoms with Crippen LogP contribution in [0.5, 0.6) is 11.5 Å². The first-order valence-corrected chi connectivity index (χ1v) is 6.52. The number of aliphatic hydroxyl groups excluding tert-OH is 1. The van der Waals surface area contributed by atoms with Gasteiger partial charge in [-0.3, -0.25) is 4.98 Å². The third kappa shape index (κ3) is 3.03. The Kier molecular flexibility index (Phi) is 4.82. The van der Waals surface area contributed by atoms with Crippen LogP contribution >= 0.6 is 11.6 Å². The van der Waals surface area contributed by atoms with Crippen LogP contribution in [0.2, 0.25) is 5.02 Å². The van der Waals surface area contributed by atoms with Gasteiger partial charge in [0.1, 0.15) is 0 Å². The van der Waals surface area contributed by atoms with Gasteiger partial charge in [-0.25, -0.2) is 0 Å². The molecule has 1 aromatic heterocycles. The number of hydrogen-bond donors (Lipinski definition) is 1. The fourth-order valence-electron chi connectivity index (χ4n) is 2.01. The van der Waals surface area contributed by atoms with Gasteiger partial charge >= 0.3 is 0 Å². The van der Waals surface area contributed by atoms with Crippen molar-refractivity contribution in [2.24, 2.45) is 0 Å². The molecule has 0 bridgehead atoms. The van der Waals surface area contributed by atoms with E-state index in [1.54, 1.807) is 31.6 Å². The molecule has 0 aliphatic rings. The Morgan fingerprint density at radius 3 is 2.65 bits per heavy atom. The number of pyridine rings is 1. The number of methoxy groups -OCH3 is 2. The highest BCUT2D eigenvalue weighted by Crippen LogP contribution is 2.40. The van der Waals surface area contributed by atoms with Crippen LogP contribution in [0.4, 0.5) is 0 Å². The molecule has 4 nitrogen and oxygen atoms in total. The zero-order valence-corrected chi connectivity index (χ0v) is 12.1. The lowest BCUT2D eigenvalue weighted by atomic mass is 10.0. The molecule has 0 saturated heterocycles. The van der Waals surface area contributed by atoms with Gasteiger partial charge in [-0.05, 0) is 17.7 Å². The molecular weight excluding hydrogens is 278 g/mol. The lowest BCUT2D eigenvalue weighted by Crippen LogP contribution is -2.04. The summed E-state index contributed by atoms with van der Waals surface area (Å²) in [5, 5.41) is 10.7. The van der Waals surface area contributed by atoms with E-state index in [0.717, 1.165) is 5.56 Å². The zero-order valence-electron chi connectivity index (χ0n) is 11.3. The molecule has 2 rings (SSSR count). The Morgan fingerprint density at radius 1 is 1.25 bits per heavy atom. The largest absolute Gasteiger partial charge is 0.493 e. The molecule has 0 saturated carbocycles. The number of aromatic nitrogens is 1. The summed E-state index contributed by atoms with van der Waals surface area (Å²) in [6.07, 6.45) is 3.12. The van der Waals surface area contributed by atoms with E-state index in [1.807, 2.05) is 12.1 Å². The Morgan fingerprint density at radius 2 is 2.05 bits per heavy atom. The van der Waals surface area contributed by atoms with Gasteiger partial charge in [0.05, 0.1) is 25.3 Å². The lowest BCUT2D eigenvalue weighted by molar-refractivity contribution is 0.178. The number of rotatable bonds is 5. The number of aliphatic hydroxyl groups is 1. The minimum atomic E-state index is -0.730. The standard InChI is InChI=1S/C15H16ClNO3/c1-19-13-6-5-11(14(16)15(13)20-2)12(18)8-10-4-3-7-17-9-10/h3-7,9,12,18H,8H2,1-2H3. The Bertz CT molecular complexity index is 575. The molecule has 1 heterocycles. The van der Waals surface area contributed by atoms with E-state index in [2.05, 4.69) is 4.98 Å². The molecule has 0 radical (unpaired) electrons. The number of nitrogens with zero attached hydrogens (tertiary/aromatic N) is 1. The van der Waals surface area contributed by atoms with Crippen molar-refractivity contribution < 1.29 is 14.6 Å². The summed E-state index contributed by atoms with van der Waals surface area (Å²) in [6, 6.07) is 7.21. The van der Waals surface area contributed by atoms with Crippen LogP contribution in [-0.4, -0.2) is 24.3 Å². The third-order valence-corrected chi connectivity index (χ3v) is 3.42. The van der Waals surface area contributed by atoms with Crippen LogP contribution in [0.15, 0.2) is 36.7 Å². The number of benzene rings is 1. The Labute approximate surface area is 122 Å². The average molecular weight is 294 g/mol. The molecule has 106 valence electrons. The Hall–Kier alpha value is -1.78. The summed E-state index contributed by atoms with van der Waals surface area (Å²) in [5.41, 5.74) is 1.54. The van der Waals surface area contributed by atoms with E-state index in [0.29, 0.717) is 28.5 Å². The first-order chi connectivity index (χ1) is 9.67. The van der Waals surface area contributed by atoms with E-state index < -0.39 is 6.10 Å². The minimum Gasteiger partial charge on any atom is -0.493 e. The fraction of sp³-hybridized carbons (Fsp3) is 0.267. The van der Waals surface area contributed by atoms with Gasteiger partial charge in [0.25, 0.3) is 0 Å². The molecule has 0 aliphatic heterocycles. The quantitative estimate of drug-likeness (QED) is 0.920.